The first-order chi connectivity index (χ1) is 34.2. The van der Waals surface area contributed by atoms with E-state index in [1.165, 1.54) is 0 Å². The van der Waals surface area contributed by atoms with E-state index in [0.717, 1.165) is 30.5 Å². The zero-order valence-electron chi connectivity index (χ0n) is 36.0. The Kier molecular flexibility index (Phi) is 17.6. The molecule has 1 N–H and O–H groups in total. The third kappa shape index (κ3) is 9.02. The molecule has 0 aliphatic rings. The molecule has 1 aromatic carbocycles. The number of hydrogen-bond acceptors (Lipinski definition) is 3. The zero-order valence-corrected chi connectivity index (χ0v) is 36.0. The van der Waals surface area contributed by atoms with E-state index in [0.29, 0.717) is 6.07 Å². The van der Waals surface area contributed by atoms with Gasteiger partial charge in [0.25, 0.3) is 5.91 Å². The number of alkyl halides is 43. The summed E-state index contributed by atoms with van der Waals surface area (Å²) in [5.74, 6) is -203. The Morgan fingerprint density at radius 2 is 0.600 bits per heavy atom. The molecule has 1 rings (SSSR count). The number of benzene rings is 1. The van der Waals surface area contributed by atoms with Crippen molar-refractivity contribution in [1.29, 1.82) is 0 Å². The molecule has 0 spiro atoms. The highest BCUT2D eigenvalue weighted by Crippen LogP contribution is 2.72. The lowest BCUT2D eigenvalue weighted by Crippen LogP contribution is -2.80. The predicted molar refractivity (Wildman–Crippen MR) is 166 cm³/mol. The lowest BCUT2D eigenvalue weighted by Gasteiger charge is -2.47. The second kappa shape index (κ2) is 19.3. The lowest BCUT2D eigenvalue weighted by molar-refractivity contribution is -0.496. The minimum Gasteiger partial charge on any atom is -0.349 e. The van der Waals surface area contributed by atoms with Crippen LogP contribution in [0.25, 0.3) is 0 Å². The highest BCUT2D eigenvalue weighted by molar-refractivity contribution is 6.00. The molecule has 4 nitrogen and oxygen atoms in total. The van der Waals surface area contributed by atoms with Crippen molar-refractivity contribution in [3.05, 3.63) is 29.3 Å². The average Bonchev–Trinajstić information content (AvgIpc) is 3.24. The Morgan fingerprint density at radius 3 is 0.812 bits per heavy atom. The van der Waals surface area contributed by atoms with Gasteiger partial charge in [0.1, 0.15) is 0 Å². The van der Waals surface area contributed by atoms with E-state index in [2.05, 4.69) is 4.99 Å². The maximum absolute atomic E-state index is 14.6. The molecule has 0 aromatic heterocycles. The molecule has 0 saturated heterocycles. The first-order valence-corrected chi connectivity index (χ1v) is 18.4. The maximum Gasteiger partial charge on any atom is 0.460 e. The van der Waals surface area contributed by atoms with Gasteiger partial charge in [-0.05, 0) is 25.5 Å². The topological polar surface area (TPSA) is 58.5 Å². The summed E-state index contributed by atoms with van der Waals surface area (Å²) < 4.78 is 601. The molecule has 0 fully saturated rings. The largest absolute Gasteiger partial charge is 0.460 e. The van der Waals surface area contributed by atoms with Crippen LogP contribution in [0.5, 0.6) is 0 Å². The third-order valence-corrected chi connectivity index (χ3v) is 10.5. The van der Waals surface area contributed by atoms with Crippen LogP contribution in [-0.2, 0) is 4.79 Å². The van der Waals surface area contributed by atoms with Crippen LogP contribution >= 0.6 is 0 Å². The van der Waals surface area contributed by atoms with E-state index in [1.807, 2.05) is 0 Å². The van der Waals surface area contributed by atoms with Crippen LogP contribution in [0.15, 0.2) is 23.2 Å². The first-order valence-electron chi connectivity index (χ1n) is 18.4. The van der Waals surface area contributed by atoms with Gasteiger partial charge in [-0.3, -0.25) is 4.79 Å². The SMILES string of the molecule is Cc1cccc(N=C=O)c1C(=O)NC(C)CC(F)(F)C(F)(F)C(F)(F)C(F)(F)C(F)(F)C(F)(F)C(F)(F)C(F)(F)C(F)(F)C(F)(F)C(F)(F)C(F)(F)C(F)(F)C(F)(F)C(F)(F)C(F)(F)C(F)(F)C(F)(F)C(F)(F)C(F)(F)C(F)(F)F. The van der Waals surface area contributed by atoms with Gasteiger partial charge in [-0.2, -0.15) is 194 Å². The number of aryl methyl sites for hydroxylation is 1. The van der Waals surface area contributed by atoms with Crippen molar-refractivity contribution in [1.82, 2.24) is 5.32 Å². The lowest BCUT2D eigenvalue weighted by atomic mass is 9.81. The molecular formula is C33H13F43N2O2. The number of nitrogens with zero attached hydrogens (tertiary/aromatic N) is 1. The second-order valence-electron chi connectivity index (χ2n) is 15.9. The monoisotopic (exact) mass is 1290 g/mol. The molecule has 0 aliphatic heterocycles. The van der Waals surface area contributed by atoms with E-state index in [4.69, 9.17) is 0 Å². The molecule has 1 unspecified atom stereocenters. The van der Waals surface area contributed by atoms with Crippen molar-refractivity contribution < 1.29 is 198 Å². The number of halogens is 43. The van der Waals surface area contributed by atoms with E-state index in [1.54, 1.807) is 0 Å². The van der Waals surface area contributed by atoms with Crippen molar-refractivity contribution >= 4 is 17.7 Å². The fourth-order valence-corrected chi connectivity index (χ4v) is 5.71. The molecular weight excluding hydrogens is 1270 g/mol. The normalized spacial score (nSPS) is 16.6. The quantitative estimate of drug-likeness (QED) is 0.0637. The van der Waals surface area contributed by atoms with Gasteiger partial charge in [0.2, 0.25) is 6.08 Å². The molecule has 1 aromatic rings. The number of amides is 1. The van der Waals surface area contributed by atoms with Gasteiger partial charge >= 0.3 is 125 Å². The van der Waals surface area contributed by atoms with Gasteiger partial charge in [0.05, 0.1) is 11.3 Å². The van der Waals surface area contributed by atoms with Gasteiger partial charge in [-0.1, -0.05) is 12.1 Å². The minimum atomic E-state index is -10.7. The summed E-state index contributed by atoms with van der Waals surface area (Å²) in [4.78, 5) is 25.9. The Hall–Kier alpha value is -4.94. The van der Waals surface area contributed by atoms with E-state index in [-0.39, 0.29) is 6.92 Å². The fraction of sp³-hybridized carbons (Fsp3) is 0.758. The number of aliphatic imine (C=N–C) groups is 1. The van der Waals surface area contributed by atoms with Crippen LogP contribution in [0.4, 0.5) is 194 Å². The summed E-state index contributed by atoms with van der Waals surface area (Å²) in [7, 11) is 0. The van der Waals surface area contributed by atoms with Crippen molar-refractivity contribution in [3.63, 3.8) is 0 Å². The van der Waals surface area contributed by atoms with E-state index >= 15 is 0 Å². The highest BCUT2D eigenvalue weighted by atomic mass is 19.4. The van der Waals surface area contributed by atoms with Crippen LogP contribution in [-0.4, -0.2) is 143 Å². The Balaban J connectivity index is 4.06. The maximum atomic E-state index is 14.6. The number of hydrogen-bond donors (Lipinski definition) is 1. The predicted octanol–water partition coefficient (Wildman–Crippen LogP) is 15.7. The first kappa shape index (κ1) is 73.1. The third-order valence-electron chi connectivity index (χ3n) is 10.5. The number of carbonyl (C=O) groups excluding carboxylic acids is 2. The van der Waals surface area contributed by atoms with Gasteiger partial charge < -0.3 is 5.32 Å². The minimum absolute atomic E-state index is 0.0833. The number of carbonyl (C=O) groups is 1. The average molecular weight is 1290 g/mol. The second-order valence-corrected chi connectivity index (χ2v) is 15.9. The summed E-state index contributed by atoms with van der Waals surface area (Å²) >= 11 is 0. The van der Waals surface area contributed by atoms with Crippen LogP contribution in [0, 0.1) is 6.92 Å². The van der Waals surface area contributed by atoms with Crippen LogP contribution in [0.3, 0.4) is 0 Å². The van der Waals surface area contributed by atoms with Gasteiger partial charge in [0, 0.05) is 12.5 Å². The summed E-state index contributed by atoms with van der Waals surface area (Å²) in [5, 5.41) is 1.12. The van der Waals surface area contributed by atoms with Crippen molar-refractivity contribution in [3.8, 4) is 0 Å². The molecule has 468 valence electrons. The molecule has 47 heteroatoms. The Labute approximate surface area is 407 Å². The molecule has 80 heavy (non-hydrogen) atoms. The molecule has 0 bridgehead atoms. The molecule has 0 aliphatic carbocycles. The molecule has 1 atom stereocenters. The van der Waals surface area contributed by atoms with Crippen LogP contribution < -0.4 is 5.32 Å². The summed E-state index contributed by atoms with van der Waals surface area (Å²) in [6, 6.07) is -0.543. The van der Waals surface area contributed by atoms with Crippen molar-refractivity contribution in [2.75, 3.05) is 0 Å². The van der Waals surface area contributed by atoms with E-state index < -0.39 is 160 Å². The molecule has 1 amide bonds. The van der Waals surface area contributed by atoms with Gasteiger partial charge in [0.15, 0.2) is 0 Å². The fourth-order valence-electron chi connectivity index (χ4n) is 5.71. The van der Waals surface area contributed by atoms with Gasteiger partial charge in [-0.15, -0.1) is 0 Å². The van der Waals surface area contributed by atoms with Crippen LogP contribution in [0.2, 0.25) is 0 Å². The molecule has 0 saturated carbocycles. The Bertz CT molecular complexity index is 2500. The standard InChI is InChI=1S/C33H13F43N2O2/c1-8-4-3-5-10(77-7-79)11(8)12(80)78-9(2)6-13(34,35)14(36,37)15(38,39)16(40,41)17(42,43)18(44,45)19(46,47)20(48,49)21(50,51)22(52,53)23(54,55)24(56,57)25(58,59)26(60,61)27(62,63)28(64,65)29(66,67)30(68,69)31(70,71)32(72,73)33(74,75)76/h3-5,9H,6H2,1-2H3,(H,78,80). The number of nitrogens with one attached hydrogen (secondary N) is 1. The van der Waals surface area contributed by atoms with Crippen molar-refractivity contribution in [2.45, 2.75) is 151 Å². The summed E-state index contributed by atoms with van der Waals surface area (Å²) in [6.07, 6.45) is -11.3. The smallest absolute Gasteiger partial charge is 0.349 e. The molecule has 0 radical (unpaired) electrons. The number of rotatable bonds is 24. The van der Waals surface area contributed by atoms with Crippen molar-refractivity contribution in [2.24, 2.45) is 4.99 Å². The highest BCUT2D eigenvalue weighted by Gasteiger charge is 3.03. The van der Waals surface area contributed by atoms with Gasteiger partial charge in [-0.25, -0.2) is 4.79 Å². The zero-order chi connectivity index (χ0) is 65.3. The molecule has 0 heterocycles. The number of isocyanates is 1. The Morgan fingerprint density at radius 1 is 0.388 bits per heavy atom. The van der Waals surface area contributed by atoms with Crippen LogP contribution in [0.1, 0.15) is 29.3 Å². The van der Waals surface area contributed by atoms with E-state index in [9.17, 15) is 198 Å². The summed E-state index contributed by atoms with van der Waals surface area (Å²) in [5.41, 5.74) is -2.22. The summed E-state index contributed by atoms with van der Waals surface area (Å²) in [6.45, 7) is 0.795.